The third-order valence-electron chi connectivity index (χ3n) is 3.22. The first-order valence-corrected chi connectivity index (χ1v) is 6.55. The minimum Gasteiger partial charge on any atom is -0.378 e. The van der Waals surface area contributed by atoms with E-state index in [1.807, 2.05) is 0 Å². The van der Waals surface area contributed by atoms with Crippen molar-refractivity contribution in [3.8, 4) is 0 Å². The van der Waals surface area contributed by atoms with Gasteiger partial charge in [-0.05, 0) is 37.6 Å². The van der Waals surface area contributed by atoms with Gasteiger partial charge in [-0.25, -0.2) is 0 Å². The third kappa shape index (κ3) is 4.18. The number of likely N-dealkylation sites (N-methyl/N-ethyl adjacent to an activating group) is 1. The van der Waals surface area contributed by atoms with Crippen LogP contribution >= 0.6 is 0 Å². The Morgan fingerprint density at radius 2 is 1.85 bits per heavy atom. The van der Waals surface area contributed by atoms with Crippen LogP contribution < -0.4 is 9.80 Å². The van der Waals surface area contributed by atoms with Gasteiger partial charge in [0.25, 0.3) is 0 Å². The van der Waals surface area contributed by atoms with Gasteiger partial charge in [0.1, 0.15) is 0 Å². The summed E-state index contributed by atoms with van der Waals surface area (Å²) < 4.78 is 29.0. The smallest absolute Gasteiger partial charge is 0.378 e. The number of hydrogen-bond acceptors (Lipinski definition) is 2. The van der Waals surface area contributed by atoms with Crippen LogP contribution in [-0.4, -0.2) is 33.4 Å². The number of benzene rings is 1. The van der Waals surface area contributed by atoms with Crippen LogP contribution in [0, 0.1) is 0 Å². The fourth-order valence-electron chi connectivity index (χ4n) is 2.24. The van der Waals surface area contributed by atoms with Crippen molar-refractivity contribution in [1.29, 1.82) is 0 Å². The molecule has 0 spiro atoms. The van der Waals surface area contributed by atoms with Gasteiger partial charge >= 0.3 is 6.68 Å². The Bertz CT molecular complexity index is 456. The summed E-state index contributed by atoms with van der Waals surface area (Å²) in [5.74, 6) is 0. The molecule has 2 rings (SSSR count). The number of alkyl halides is 3. The monoisotopic (exact) mass is 286 g/mol. The average molecular weight is 286 g/mol. The summed E-state index contributed by atoms with van der Waals surface area (Å²) in [5.41, 5.74) is 3.93. The largest absolute Gasteiger partial charge is 0.379 e. The molecule has 20 heavy (non-hydrogen) atoms. The second kappa shape index (κ2) is 7.22. The van der Waals surface area contributed by atoms with Gasteiger partial charge in [-0.1, -0.05) is 12.2 Å². The van der Waals surface area contributed by atoms with Gasteiger partial charge < -0.3 is 9.80 Å². The first-order valence-electron chi connectivity index (χ1n) is 6.55. The molecule has 0 N–H and O–H groups in total. The number of nitrogens with zero attached hydrogens (tertiary/aromatic N) is 2. The molecule has 1 aromatic rings. The van der Waals surface area contributed by atoms with Gasteiger partial charge in [-0.15, -0.1) is 0 Å². The first-order chi connectivity index (χ1) is 9.36. The summed E-state index contributed by atoms with van der Waals surface area (Å²) in [4.78, 5) is 4.57. The molecule has 1 aliphatic heterocycles. The Kier molecular flexibility index (Phi) is 5.92. The Labute approximate surface area is 118 Å². The minimum absolute atomic E-state index is 0.503. The summed E-state index contributed by atoms with van der Waals surface area (Å²) in [7, 11) is 4.16. The molecule has 112 valence electrons. The van der Waals surface area contributed by atoms with Crippen molar-refractivity contribution >= 4 is 17.5 Å². The molecule has 1 heterocycles. The Hall–Kier alpha value is -1.65. The number of fused-ring (bicyclic) bond motifs is 1. The molecule has 1 aliphatic rings. The van der Waals surface area contributed by atoms with Crippen LogP contribution in [0.1, 0.15) is 19.4 Å². The molecule has 5 heteroatoms. The molecule has 0 aliphatic carbocycles. The van der Waals surface area contributed by atoms with Crippen LogP contribution in [0.2, 0.25) is 0 Å². The molecular formula is C15H21F3N2. The van der Waals surface area contributed by atoms with Crippen LogP contribution in [0.3, 0.4) is 0 Å². The highest BCUT2D eigenvalue weighted by molar-refractivity contribution is 5.75. The molecule has 1 unspecified atom stereocenters. The van der Waals surface area contributed by atoms with Crippen LogP contribution in [-0.2, 0) is 0 Å². The highest BCUT2D eigenvalue weighted by Crippen LogP contribution is 2.31. The van der Waals surface area contributed by atoms with Crippen molar-refractivity contribution < 1.29 is 13.2 Å². The summed E-state index contributed by atoms with van der Waals surface area (Å²) in [6.07, 6.45) is 4.50. The van der Waals surface area contributed by atoms with E-state index in [1.165, 1.54) is 16.9 Å². The molecule has 1 atom stereocenters. The second-order valence-corrected chi connectivity index (χ2v) is 4.77. The molecule has 0 bridgehead atoms. The van der Waals surface area contributed by atoms with E-state index in [0.717, 1.165) is 6.54 Å². The molecule has 0 radical (unpaired) electrons. The zero-order valence-corrected chi connectivity index (χ0v) is 12.3. The molecule has 2 nitrogen and oxygen atoms in total. The number of anilines is 2. The quantitative estimate of drug-likeness (QED) is 0.805. The highest BCUT2D eigenvalue weighted by Gasteiger charge is 2.17. The van der Waals surface area contributed by atoms with Crippen molar-refractivity contribution in [2.24, 2.45) is 0 Å². The van der Waals surface area contributed by atoms with Crippen molar-refractivity contribution in [1.82, 2.24) is 0 Å². The van der Waals surface area contributed by atoms with Gasteiger partial charge in [0.15, 0.2) is 0 Å². The lowest BCUT2D eigenvalue weighted by Gasteiger charge is -2.33. The van der Waals surface area contributed by atoms with E-state index in [0.29, 0.717) is 6.04 Å². The van der Waals surface area contributed by atoms with Gasteiger partial charge in [-0.2, -0.15) is 13.2 Å². The minimum atomic E-state index is -3.67. The molecule has 0 saturated heterocycles. The lowest BCUT2D eigenvalue weighted by molar-refractivity contribution is 0.00819. The van der Waals surface area contributed by atoms with Crippen molar-refractivity contribution in [2.45, 2.75) is 26.6 Å². The Morgan fingerprint density at radius 1 is 1.25 bits per heavy atom. The van der Waals surface area contributed by atoms with Crippen molar-refractivity contribution in [3.63, 3.8) is 0 Å². The van der Waals surface area contributed by atoms with Crippen molar-refractivity contribution in [2.75, 3.05) is 30.4 Å². The zero-order chi connectivity index (χ0) is 15.3. The van der Waals surface area contributed by atoms with Crippen LogP contribution in [0.25, 0.3) is 6.08 Å². The summed E-state index contributed by atoms with van der Waals surface area (Å²) in [6, 6.07) is 7.17. The fourth-order valence-corrected chi connectivity index (χ4v) is 2.24. The van der Waals surface area contributed by atoms with E-state index in [2.05, 4.69) is 68.1 Å². The fraction of sp³-hybridized carbons (Fsp3) is 0.467. The third-order valence-corrected chi connectivity index (χ3v) is 3.22. The lowest BCUT2D eigenvalue weighted by atomic mass is 10.0. The first kappa shape index (κ1) is 16.4. The maximum atomic E-state index is 9.67. The molecular weight excluding hydrogens is 265 g/mol. The lowest BCUT2D eigenvalue weighted by Crippen LogP contribution is -2.33. The molecule has 0 aromatic heterocycles. The predicted molar refractivity (Wildman–Crippen MR) is 79.4 cm³/mol. The predicted octanol–water partition coefficient (Wildman–Crippen LogP) is 4.17. The van der Waals surface area contributed by atoms with E-state index in [-0.39, 0.29) is 0 Å². The van der Waals surface area contributed by atoms with Gasteiger partial charge in [-0.3, -0.25) is 0 Å². The SMILES string of the molecule is CCN1c2ccc(N(C)C)cc2C=CC1C.FC(F)F. The van der Waals surface area contributed by atoms with E-state index in [9.17, 15) is 13.2 Å². The standard InChI is InChI=1S/C14H20N2.CHF3/c1-5-16-11(2)6-7-12-10-13(15(3)4)8-9-14(12)16;2-1(3)4/h6-11H,5H2,1-4H3;1H. The number of rotatable bonds is 2. The van der Waals surface area contributed by atoms with E-state index >= 15 is 0 Å². The Morgan fingerprint density at radius 3 is 2.35 bits per heavy atom. The number of halogens is 3. The van der Waals surface area contributed by atoms with Gasteiger partial charge in [0.05, 0.1) is 0 Å². The Balaban J connectivity index is 0.000000444. The van der Waals surface area contributed by atoms with Gasteiger partial charge in [0.2, 0.25) is 0 Å². The zero-order valence-electron chi connectivity index (χ0n) is 12.3. The van der Waals surface area contributed by atoms with Crippen molar-refractivity contribution in [3.05, 3.63) is 29.8 Å². The second-order valence-electron chi connectivity index (χ2n) is 4.77. The summed E-state index contributed by atoms with van der Waals surface area (Å²) in [6.45, 7) is 1.84. The highest BCUT2D eigenvalue weighted by atomic mass is 19.4. The summed E-state index contributed by atoms with van der Waals surface area (Å²) >= 11 is 0. The average Bonchev–Trinajstić information content (AvgIpc) is 2.37. The maximum absolute atomic E-state index is 9.67. The van der Waals surface area contributed by atoms with E-state index < -0.39 is 6.68 Å². The topological polar surface area (TPSA) is 6.48 Å². The molecule has 0 fully saturated rings. The van der Waals surface area contributed by atoms with E-state index in [1.54, 1.807) is 0 Å². The van der Waals surface area contributed by atoms with E-state index in [4.69, 9.17) is 0 Å². The van der Waals surface area contributed by atoms with Crippen LogP contribution in [0.5, 0.6) is 0 Å². The van der Waals surface area contributed by atoms with Crippen LogP contribution in [0.4, 0.5) is 24.5 Å². The summed E-state index contributed by atoms with van der Waals surface area (Å²) in [5, 5.41) is 0. The maximum Gasteiger partial charge on any atom is 0.379 e. The van der Waals surface area contributed by atoms with Crippen LogP contribution in [0.15, 0.2) is 24.3 Å². The van der Waals surface area contributed by atoms with Gasteiger partial charge in [0, 0.05) is 38.1 Å². The molecule has 1 aromatic carbocycles. The molecule has 0 amide bonds. The normalized spacial score (nSPS) is 16.6. The number of hydrogen-bond donors (Lipinski definition) is 0. The molecule has 0 saturated carbocycles.